The van der Waals surface area contributed by atoms with Gasteiger partial charge in [-0.3, -0.25) is 0 Å². The first-order valence-corrected chi connectivity index (χ1v) is 5.50. The summed E-state index contributed by atoms with van der Waals surface area (Å²) < 4.78 is 5.80. The summed E-state index contributed by atoms with van der Waals surface area (Å²) in [4.78, 5) is 0. The predicted octanol–water partition coefficient (Wildman–Crippen LogP) is 2.13. The molecule has 1 aliphatic rings. The minimum absolute atomic E-state index is 0.0323. The van der Waals surface area contributed by atoms with Crippen molar-refractivity contribution in [1.29, 1.82) is 0 Å². The van der Waals surface area contributed by atoms with Crippen LogP contribution in [0.2, 0.25) is 0 Å². The molecule has 0 bridgehead atoms. The maximum absolute atomic E-state index is 8.97. The van der Waals surface area contributed by atoms with Gasteiger partial charge in [0, 0.05) is 0 Å². The highest BCUT2D eigenvalue weighted by Crippen LogP contribution is 2.39. The molecule has 0 saturated carbocycles. The first-order chi connectivity index (χ1) is 6.24. The average Bonchev–Trinajstić information content (AvgIpc) is 2.72. The fourth-order valence-corrected chi connectivity index (χ4v) is 2.61. The Morgan fingerprint density at radius 2 is 2.62 bits per heavy atom. The van der Waals surface area contributed by atoms with Crippen molar-refractivity contribution < 1.29 is 9.84 Å². The fraction of sp³-hybridized carbons (Fsp3) is 0.600. The van der Waals surface area contributed by atoms with E-state index in [4.69, 9.17) is 9.84 Å². The van der Waals surface area contributed by atoms with E-state index in [1.807, 2.05) is 0 Å². The van der Waals surface area contributed by atoms with Gasteiger partial charge < -0.3 is 9.84 Å². The second kappa shape index (κ2) is 3.40. The maximum Gasteiger partial charge on any atom is 0.0917 e. The second-order valence-corrected chi connectivity index (χ2v) is 4.48. The van der Waals surface area contributed by atoms with Crippen LogP contribution in [-0.2, 0) is 10.3 Å². The molecule has 2 nitrogen and oxygen atoms in total. The molecule has 1 N–H and O–H groups in total. The highest BCUT2D eigenvalue weighted by atomic mass is 32.1. The van der Waals surface area contributed by atoms with E-state index >= 15 is 0 Å². The Morgan fingerprint density at radius 1 is 1.77 bits per heavy atom. The van der Waals surface area contributed by atoms with Gasteiger partial charge in [-0.05, 0) is 42.2 Å². The van der Waals surface area contributed by atoms with Crippen LogP contribution in [0.1, 0.15) is 25.3 Å². The first kappa shape index (κ1) is 9.19. The second-order valence-electron chi connectivity index (χ2n) is 3.70. The largest absolute Gasteiger partial charge is 0.394 e. The molecule has 1 aliphatic heterocycles. The van der Waals surface area contributed by atoms with Gasteiger partial charge in [-0.1, -0.05) is 0 Å². The van der Waals surface area contributed by atoms with Crippen LogP contribution in [0.15, 0.2) is 16.8 Å². The molecule has 1 aromatic rings. The molecule has 2 unspecified atom stereocenters. The van der Waals surface area contributed by atoms with E-state index in [1.165, 1.54) is 5.56 Å². The van der Waals surface area contributed by atoms with Crippen molar-refractivity contribution in [2.75, 3.05) is 6.61 Å². The molecule has 3 heteroatoms. The van der Waals surface area contributed by atoms with E-state index in [2.05, 4.69) is 23.8 Å². The zero-order valence-corrected chi connectivity index (χ0v) is 8.51. The van der Waals surface area contributed by atoms with Gasteiger partial charge in [0.05, 0.1) is 18.3 Å². The molecule has 13 heavy (non-hydrogen) atoms. The van der Waals surface area contributed by atoms with Crippen LogP contribution in [0, 0.1) is 0 Å². The van der Waals surface area contributed by atoms with E-state index in [0.717, 1.165) is 12.8 Å². The summed E-state index contributed by atoms with van der Waals surface area (Å²) in [5, 5.41) is 13.2. The minimum atomic E-state index is -0.159. The van der Waals surface area contributed by atoms with Crippen molar-refractivity contribution in [3.63, 3.8) is 0 Å². The minimum Gasteiger partial charge on any atom is -0.394 e. The molecule has 0 aliphatic carbocycles. The third-order valence-electron chi connectivity index (χ3n) is 2.71. The fourth-order valence-electron chi connectivity index (χ4n) is 1.83. The summed E-state index contributed by atoms with van der Waals surface area (Å²) >= 11 is 1.69. The Hall–Kier alpha value is -0.380. The predicted molar refractivity (Wildman–Crippen MR) is 52.9 cm³/mol. The zero-order chi connectivity index (χ0) is 9.31. The van der Waals surface area contributed by atoms with E-state index in [-0.39, 0.29) is 18.3 Å². The molecular formula is C10H14O2S. The first-order valence-electron chi connectivity index (χ1n) is 4.56. The monoisotopic (exact) mass is 198 g/mol. The lowest BCUT2D eigenvalue weighted by Gasteiger charge is -2.23. The van der Waals surface area contributed by atoms with Crippen molar-refractivity contribution >= 4 is 11.3 Å². The molecule has 0 spiro atoms. The summed E-state index contributed by atoms with van der Waals surface area (Å²) in [6.07, 6.45) is 2.00. The summed E-state index contributed by atoms with van der Waals surface area (Å²) in [5.41, 5.74) is 1.08. The van der Waals surface area contributed by atoms with Gasteiger partial charge in [0.15, 0.2) is 0 Å². The lowest BCUT2D eigenvalue weighted by Crippen LogP contribution is -2.22. The number of aliphatic hydroxyl groups is 1. The van der Waals surface area contributed by atoms with Crippen LogP contribution >= 0.6 is 11.3 Å². The quantitative estimate of drug-likeness (QED) is 0.789. The normalized spacial score (nSPS) is 33.8. The molecule has 2 atom stereocenters. The molecule has 1 fully saturated rings. The number of ether oxygens (including phenoxy) is 1. The van der Waals surface area contributed by atoms with E-state index < -0.39 is 0 Å². The summed E-state index contributed by atoms with van der Waals surface area (Å²) in [7, 11) is 0. The third-order valence-corrected chi connectivity index (χ3v) is 3.39. The Balaban J connectivity index is 2.15. The van der Waals surface area contributed by atoms with E-state index in [9.17, 15) is 0 Å². The highest BCUT2D eigenvalue weighted by Gasteiger charge is 2.37. The molecular weight excluding hydrogens is 184 g/mol. The molecule has 1 aromatic heterocycles. The van der Waals surface area contributed by atoms with Gasteiger partial charge >= 0.3 is 0 Å². The van der Waals surface area contributed by atoms with Gasteiger partial charge in [-0.2, -0.15) is 11.3 Å². The smallest absolute Gasteiger partial charge is 0.0917 e. The Kier molecular flexibility index (Phi) is 2.41. The topological polar surface area (TPSA) is 29.5 Å². The highest BCUT2D eigenvalue weighted by molar-refractivity contribution is 7.08. The van der Waals surface area contributed by atoms with Crippen molar-refractivity contribution in [2.24, 2.45) is 0 Å². The number of aliphatic hydroxyl groups excluding tert-OH is 1. The maximum atomic E-state index is 8.97. The molecule has 2 heterocycles. The van der Waals surface area contributed by atoms with Gasteiger partial charge in [0.1, 0.15) is 0 Å². The summed E-state index contributed by atoms with van der Waals surface area (Å²) in [6, 6.07) is 2.10. The Labute approximate surface area is 82.2 Å². The average molecular weight is 198 g/mol. The van der Waals surface area contributed by atoms with Crippen molar-refractivity contribution in [2.45, 2.75) is 31.5 Å². The van der Waals surface area contributed by atoms with Crippen molar-refractivity contribution in [3.8, 4) is 0 Å². The van der Waals surface area contributed by atoms with Gasteiger partial charge in [0.2, 0.25) is 0 Å². The number of rotatable bonds is 2. The standard InChI is InChI=1S/C10H14O2S/c1-10(8-3-5-13-7-8)4-2-9(6-11)12-10/h3,5,7,9,11H,2,4,6H2,1H3. The molecule has 0 radical (unpaired) electrons. The molecule has 0 aromatic carbocycles. The van der Waals surface area contributed by atoms with Crippen LogP contribution in [0.3, 0.4) is 0 Å². The van der Waals surface area contributed by atoms with Crippen LogP contribution in [0.25, 0.3) is 0 Å². The van der Waals surface area contributed by atoms with Gasteiger partial charge in [0.25, 0.3) is 0 Å². The van der Waals surface area contributed by atoms with Crippen LogP contribution in [0.4, 0.5) is 0 Å². The lowest BCUT2D eigenvalue weighted by atomic mass is 9.95. The van der Waals surface area contributed by atoms with Crippen LogP contribution in [0.5, 0.6) is 0 Å². The van der Waals surface area contributed by atoms with Gasteiger partial charge in [-0.15, -0.1) is 0 Å². The summed E-state index contributed by atoms with van der Waals surface area (Å²) in [6.45, 7) is 2.24. The van der Waals surface area contributed by atoms with Gasteiger partial charge in [-0.25, -0.2) is 0 Å². The van der Waals surface area contributed by atoms with E-state index in [1.54, 1.807) is 11.3 Å². The van der Waals surface area contributed by atoms with Crippen molar-refractivity contribution in [1.82, 2.24) is 0 Å². The molecule has 0 amide bonds. The third kappa shape index (κ3) is 1.64. The zero-order valence-electron chi connectivity index (χ0n) is 7.69. The SMILES string of the molecule is CC1(c2ccsc2)CCC(CO)O1. The van der Waals surface area contributed by atoms with Crippen LogP contribution in [-0.4, -0.2) is 17.8 Å². The Bertz CT molecular complexity index is 270. The number of thiophene rings is 1. The lowest BCUT2D eigenvalue weighted by molar-refractivity contribution is -0.0516. The number of hydrogen-bond acceptors (Lipinski definition) is 3. The molecule has 72 valence electrons. The summed E-state index contributed by atoms with van der Waals surface area (Å²) in [5.74, 6) is 0. The Morgan fingerprint density at radius 3 is 3.15 bits per heavy atom. The molecule has 2 rings (SSSR count). The number of hydrogen-bond donors (Lipinski definition) is 1. The van der Waals surface area contributed by atoms with Crippen molar-refractivity contribution in [3.05, 3.63) is 22.4 Å². The molecule has 1 saturated heterocycles. The van der Waals surface area contributed by atoms with Crippen LogP contribution < -0.4 is 0 Å². The van der Waals surface area contributed by atoms with E-state index in [0.29, 0.717) is 0 Å².